The summed E-state index contributed by atoms with van der Waals surface area (Å²) in [7, 11) is 0. The molecule has 0 aliphatic carbocycles. The monoisotopic (exact) mass is 301 g/mol. The van der Waals surface area contributed by atoms with Crippen LogP contribution in [0.5, 0.6) is 0 Å². The molecule has 0 saturated heterocycles. The summed E-state index contributed by atoms with van der Waals surface area (Å²) in [6.07, 6.45) is 7.77. The lowest BCUT2D eigenvalue weighted by Crippen LogP contribution is -2.32. The van der Waals surface area contributed by atoms with Crippen LogP contribution in [0.4, 0.5) is 5.69 Å². The van der Waals surface area contributed by atoms with Gasteiger partial charge in [0.05, 0.1) is 24.1 Å². The Hall–Kier alpha value is -2.76. The molecular weight excluding hydrogens is 282 g/mol. The highest BCUT2D eigenvalue weighted by molar-refractivity contribution is 5.94. The van der Waals surface area contributed by atoms with Crippen LogP contribution >= 0.6 is 0 Å². The highest BCUT2D eigenvalue weighted by atomic mass is 16.2. The van der Waals surface area contributed by atoms with E-state index in [-0.39, 0.29) is 31.2 Å². The number of anilines is 1. The van der Waals surface area contributed by atoms with E-state index in [9.17, 15) is 14.4 Å². The Morgan fingerprint density at radius 2 is 2.14 bits per heavy atom. The van der Waals surface area contributed by atoms with E-state index in [4.69, 9.17) is 0 Å². The first-order valence-corrected chi connectivity index (χ1v) is 6.86. The van der Waals surface area contributed by atoms with Crippen LogP contribution in [0, 0.1) is 0 Å². The maximum absolute atomic E-state index is 11.8. The number of carbonyl (C=O) groups excluding carboxylic acids is 3. The van der Waals surface area contributed by atoms with Crippen LogP contribution in [-0.2, 0) is 14.4 Å². The molecule has 0 aromatic carbocycles. The molecule has 2 amide bonds. The summed E-state index contributed by atoms with van der Waals surface area (Å²) in [5.41, 5.74) is 2.09. The first-order chi connectivity index (χ1) is 10.6. The predicted octanol–water partition coefficient (Wildman–Crippen LogP) is 1.79. The minimum atomic E-state index is -0.362. The molecule has 0 radical (unpaired) electrons. The summed E-state index contributed by atoms with van der Waals surface area (Å²) in [4.78, 5) is 37.4. The van der Waals surface area contributed by atoms with E-state index in [0.717, 1.165) is 11.3 Å². The molecule has 0 spiro atoms. The van der Waals surface area contributed by atoms with Crippen molar-refractivity contribution in [3.8, 4) is 0 Å². The molecule has 0 aliphatic heterocycles. The fraction of sp³-hybridized carbons (Fsp3) is 0.250. The summed E-state index contributed by atoms with van der Waals surface area (Å²) in [6.45, 7) is 5.41. The number of pyridine rings is 1. The number of hydrogen-bond acceptors (Lipinski definition) is 4. The number of aldehydes is 1. The van der Waals surface area contributed by atoms with Crippen LogP contribution in [0.25, 0.3) is 12.2 Å². The summed E-state index contributed by atoms with van der Waals surface area (Å²) < 4.78 is 0. The van der Waals surface area contributed by atoms with Gasteiger partial charge >= 0.3 is 0 Å². The van der Waals surface area contributed by atoms with Gasteiger partial charge in [0, 0.05) is 18.4 Å². The zero-order valence-electron chi connectivity index (χ0n) is 12.5. The lowest BCUT2D eigenvalue weighted by atomic mass is 10.1. The van der Waals surface area contributed by atoms with Crippen LogP contribution in [-0.4, -0.2) is 29.6 Å². The summed E-state index contributed by atoms with van der Waals surface area (Å²) in [5.74, 6) is -0.698. The van der Waals surface area contributed by atoms with Crippen molar-refractivity contribution in [2.75, 3.05) is 11.9 Å². The molecule has 0 unspecified atom stereocenters. The Balaban J connectivity index is 2.61. The second-order valence-electron chi connectivity index (χ2n) is 4.43. The molecule has 0 aliphatic rings. The third-order valence-electron chi connectivity index (χ3n) is 2.71. The van der Waals surface area contributed by atoms with Crippen LogP contribution in [0.15, 0.2) is 24.9 Å². The molecule has 1 rings (SSSR count). The molecule has 22 heavy (non-hydrogen) atoms. The third-order valence-corrected chi connectivity index (χ3v) is 2.71. The van der Waals surface area contributed by atoms with Crippen molar-refractivity contribution >= 4 is 35.9 Å². The number of aromatic nitrogens is 1. The number of rotatable bonds is 8. The zero-order chi connectivity index (χ0) is 16.4. The van der Waals surface area contributed by atoms with Crippen molar-refractivity contribution in [3.05, 3.63) is 36.2 Å². The smallest absolute Gasteiger partial charge is 0.243 e. The standard InChI is InChI=1S/C16H19N3O3/c1-3-6-12-9-13(10-17-14(12)4-2)19-16(22)11-18-15(21)7-5-8-20/h3-4,6,8-10H,2,5,7,11H2,1H3,(H,18,21)(H,19,22)/b6-3-. The van der Waals surface area contributed by atoms with Gasteiger partial charge in [0.25, 0.3) is 0 Å². The second-order valence-corrected chi connectivity index (χ2v) is 4.43. The molecular formula is C16H19N3O3. The molecule has 0 fully saturated rings. The highest BCUT2D eigenvalue weighted by Crippen LogP contribution is 2.15. The second kappa shape index (κ2) is 9.23. The minimum Gasteiger partial charge on any atom is -0.347 e. The molecule has 0 atom stereocenters. The summed E-state index contributed by atoms with van der Waals surface area (Å²) in [5, 5.41) is 5.09. The van der Waals surface area contributed by atoms with Crippen molar-refractivity contribution in [1.82, 2.24) is 10.3 Å². The van der Waals surface area contributed by atoms with Crippen LogP contribution in [0.1, 0.15) is 31.0 Å². The highest BCUT2D eigenvalue weighted by Gasteiger charge is 2.07. The number of amides is 2. The van der Waals surface area contributed by atoms with Gasteiger partial charge in [-0.3, -0.25) is 14.6 Å². The summed E-state index contributed by atoms with van der Waals surface area (Å²) in [6, 6.07) is 1.77. The Labute approximate surface area is 129 Å². The fourth-order valence-electron chi connectivity index (χ4n) is 1.71. The number of allylic oxidation sites excluding steroid dienone is 1. The van der Waals surface area contributed by atoms with Crippen molar-refractivity contribution < 1.29 is 14.4 Å². The molecule has 6 heteroatoms. The molecule has 1 aromatic heterocycles. The predicted molar refractivity (Wildman–Crippen MR) is 86.0 cm³/mol. The molecule has 0 bridgehead atoms. The molecule has 0 saturated carbocycles. The minimum absolute atomic E-state index is 0.0812. The van der Waals surface area contributed by atoms with Gasteiger partial charge in [0.15, 0.2) is 0 Å². The van der Waals surface area contributed by atoms with E-state index >= 15 is 0 Å². The van der Waals surface area contributed by atoms with Crippen molar-refractivity contribution in [2.24, 2.45) is 0 Å². The lowest BCUT2D eigenvalue weighted by Gasteiger charge is -2.08. The van der Waals surface area contributed by atoms with Crippen molar-refractivity contribution in [2.45, 2.75) is 19.8 Å². The molecule has 2 N–H and O–H groups in total. The van der Waals surface area contributed by atoms with Gasteiger partial charge in [-0.25, -0.2) is 0 Å². The maximum atomic E-state index is 11.8. The number of hydrogen-bond donors (Lipinski definition) is 2. The van der Waals surface area contributed by atoms with Crippen LogP contribution < -0.4 is 10.6 Å². The van der Waals surface area contributed by atoms with E-state index in [2.05, 4.69) is 22.2 Å². The van der Waals surface area contributed by atoms with E-state index in [1.807, 2.05) is 19.1 Å². The van der Waals surface area contributed by atoms with Crippen molar-refractivity contribution in [3.63, 3.8) is 0 Å². The largest absolute Gasteiger partial charge is 0.347 e. The first-order valence-electron chi connectivity index (χ1n) is 6.86. The first kappa shape index (κ1) is 17.3. The zero-order valence-corrected chi connectivity index (χ0v) is 12.5. The average molecular weight is 301 g/mol. The van der Waals surface area contributed by atoms with Gasteiger partial charge in [-0.1, -0.05) is 18.7 Å². The Morgan fingerprint density at radius 1 is 1.36 bits per heavy atom. The van der Waals surface area contributed by atoms with Crippen LogP contribution in [0.2, 0.25) is 0 Å². The van der Waals surface area contributed by atoms with E-state index in [0.29, 0.717) is 12.0 Å². The molecule has 1 heterocycles. The molecule has 1 aromatic rings. The van der Waals surface area contributed by atoms with Gasteiger partial charge in [0.1, 0.15) is 6.29 Å². The average Bonchev–Trinajstić information content (AvgIpc) is 2.51. The topological polar surface area (TPSA) is 88.2 Å². The number of nitrogens with zero attached hydrogens (tertiary/aromatic N) is 1. The van der Waals surface area contributed by atoms with Crippen LogP contribution in [0.3, 0.4) is 0 Å². The van der Waals surface area contributed by atoms with Gasteiger partial charge in [-0.05, 0) is 19.1 Å². The Kier molecular flexibility index (Phi) is 7.25. The van der Waals surface area contributed by atoms with E-state index in [1.54, 1.807) is 12.1 Å². The molecule has 6 nitrogen and oxygen atoms in total. The van der Waals surface area contributed by atoms with Crippen molar-refractivity contribution in [1.29, 1.82) is 0 Å². The summed E-state index contributed by atoms with van der Waals surface area (Å²) >= 11 is 0. The SMILES string of the molecule is C=Cc1ncc(NC(=O)CNC(=O)CCC=O)cc1/C=C\C. The van der Waals surface area contributed by atoms with Gasteiger partial charge in [0.2, 0.25) is 11.8 Å². The Morgan fingerprint density at radius 3 is 2.77 bits per heavy atom. The number of carbonyl (C=O) groups is 3. The normalized spacial score (nSPS) is 10.2. The Bertz CT molecular complexity index is 594. The van der Waals surface area contributed by atoms with E-state index in [1.165, 1.54) is 6.20 Å². The third kappa shape index (κ3) is 5.70. The lowest BCUT2D eigenvalue weighted by molar-refractivity contribution is -0.124. The maximum Gasteiger partial charge on any atom is 0.243 e. The van der Waals surface area contributed by atoms with E-state index < -0.39 is 0 Å². The molecule has 116 valence electrons. The fourth-order valence-corrected chi connectivity index (χ4v) is 1.71. The van der Waals surface area contributed by atoms with Gasteiger partial charge < -0.3 is 15.4 Å². The quantitative estimate of drug-likeness (QED) is 0.717. The van der Waals surface area contributed by atoms with Gasteiger partial charge in [-0.15, -0.1) is 0 Å². The van der Waals surface area contributed by atoms with Gasteiger partial charge in [-0.2, -0.15) is 0 Å². The number of nitrogens with one attached hydrogen (secondary N) is 2.